The first kappa shape index (κ1) is 19.6. The molecule has 0 aliphatic carbocycles. The summed E-state index contributed by atoms with van der Waals surface area (Å²) in [6.45, 7) is 0.445. The summed E-state index contributed by atoms with van der Waals surface area (Å²) in [5.41, 5.74) is 2.88. The lowest BCUT2D eigenvalue weighted by atomic mass is 9.95. The Morgan fingerprint density at radius 2 is 1.90 bits per heavy atom. The molecule has 7 heteroatoms. The third-order valence-electron chi connectivity index (χ3n) is 5.95. The zero-order chi connectivity index (χ0) is 21.7. The molecule has 0 radical (unpaired) electrons. The third-order valence-corrected chi connectivity index (χ3v) is 6.32. The van der Waals surface area contributed by atoms with E-state index in [4.69, 9.17) is 21.1 Å². The lowest BCUT2D eigenvalue weighted by molar-refractivity contribution is 0.0984. The van der Waals surface area contributed by atoms with E-state index < -0.39 is 0 Å². The molecule has 5 rings (SSSR count). The number of hydrogen-bond donors (Lipinski definition) is 2. The third kappa shape index (κ3) is 2.90. The molecule has 1 aromatic heterocycles. The SMILES string of the molecule is COc1ccc2[nH]c(C(=O)N3C[C@@H](CCl)c4c3cc(O)c3ccccc43)cc2c1OC. The zero-order valence-corrected chi connectivity index (χ0v) is 17.9. The molecule has 1 amide bonds. The van der Waals surface area contributed by atoms with E-state index in [0.29, 0.717) is 35.3 Å². The molecule has 6 nitrogen and oxygen atoms in total. The highest BCUT2D eigenvalue weighted by molar-refractivity contribution is 6.19. The minimum atomic E-state index is -0.194. The number of carbonyl (C=O) groups is 1. The number of aromatic hydroxyl groups is 1. The van der Waals surface area contributed by atoms with Gasteiger partial charge in [0.1, 0.15) is 11.4 Å². The van der Waals surface area contributed by atoms with Crippen LogP contribution < -0.4 is 14.4 Å². The van der Waals surface area contributed by atoms with Crippen LogP contribution in [0.5, 0.6) is 17.2 Å². The van der Waals surface area contributed by atoms with Gasteiger partial charge in [-0.2, -0.15) is 0 Å². The molecule has 1 atom stereocenters. The van der Waals surface area contributed by atoms with Crippen LogP contribution in [0.4, 0.5) is 5.69 Å². The minimum absolute atomic E-state index is 0.0230. The van der Waals surface area contributed by atoms with E-state index in [1.165, 1.54) is 0 Å². The van der Waals surface area contributed by atoms with E-state index in [2.05, 4.69) is 4.98 Å². The topological polar surface area (TPSA) is 74.8 Å². The molecule has 4 aromatic rings. The maximum Gasteiger partial charge on any atom is 0.274 e. The predicted octanol–water partition coefficient (Wildman–Crippen LogP) is 5.03. The molecule has 0 saturated carbocycles. The van der Waals surface area contributed by atoms with Crippen molar-refractivity contribution in [1.29, 1.82) is 0 Å². The van der Waals surface area contributed by atoms with Crippen LogP contribution in [0.15, 0.2) is 48.5 Å². The van der Waals surface area contributed by atoms with Gasteiger partial charge < -0.3 is 24.5 Å². The Morgan fingerprint density at radius 1 is 1.13 bits per heavy atom. The molecule has 0 unspecified atom stereocenters. The van der Waals surface area contributed by atoms with Crippen LogP contribution in [0, 0.1) is 0 Å². The highest BCUT2D eigenvalue weighted by Crippen LogP contribution is 2.46. The van der Waals surface area contributed by atoms with Gasteiger partial charge in [0.2, 0.25) is 0 Å². The van der Waals surface area contributed by atoms with E-state index in [1.807, 2.05) is 30.3 Å². The van der Waals surface area contributed by atoms with Crippen LogP contribution >= 0.6 is 11.6 Å². The Labute approximate surface area is 183 Å². The number of halogens is 1. The summed E-state index contributed by atoms with van der Waals surface area (Å²) in [6.07, 6.45) is 0. The van der Waals surface area contributed by atoms with E-state index >= 15 is 0 Å². The van der Waals surface area contributed by atoms with Crippen LogP contribution in [-0.2, 0) is 0 Å². The molecule has 0 bridgehead atoms. The Balaban J connectivity index is 1.63. The number of nitrogens with one attached hydrogen (secondary N) is 1. The number of methoxy groups -OCH3 is 2. The molecule has 1 aliphatic rings. The van der Waals surface area contributed by atoms with E-state index in [0.717, 1.165) is 27.2 Å². The number of H-pyrrole nitrogens is 1. The van der Waals surface area contributed by atoms with Crippen molar-refractivity contribution in [1.82, 2.24) is 4.98 Å². The number of rotatable bonds is 4. The Kier molecular flexibility index (Phi) is 4.67. The van der Waals surface area contributed by atoms with Gasteiger partial charge >= 0.3 is 0 Å². The monoisotopic (exact) mass is 436 g/mol. The van der Waals surface area contributed by atoms with Crippen molar-refractivity contribution in [2.45, 2.75) is 5.92 Å². The molecule has 3 aromatic carbocycles. The molecule has 31 heavy (non-hydrogen) atoms. The number of alkyl halides is 1. The average Bonchev–Trinajstić information content (AvgIpc) is 3.39. The van der Waals surface area contributed by atoms with Crippen molar-refractivity contribution in [3.05, 3.63) is 59.8 Å². The maximum atomic E-state index is 13.5. The summed E-state index contributed by atoms with van der Waals surface area (Å²) in [5.74, 6) is 1.47. The van der Waals surface area contributed by atoms with Crippen LogP contribution in [0.1, 0.15) is 22.0 Å². The predicted molar refractivity (Wildman–Crippen MR) is 122 cm³/mol. The summed E-state index contributed by atoms with van der Waals surface area (Å²) >= 11 is 6.29. The normalized spacial score (nSPS) is 15.5. The van der Waals surface area contributed by atoms with Gasteiger partial charge in [-0.15, -0.1) is 11.6 Å². The van der Waals surface area contributed by atoms with Gasteiger partial charge in [-0.05, 0) is 29.1 Å². The van der Waals surface area contributed by atoms with Crippen LogP contribution in [0.2, 0.25) is 0 Å². The van der Waals surface area contributed by atoms with Crippen molar-refractivity contribution < 1.29 is 19.4 Å². The number of anilines is 1. The summed E-state index contributed by atoms with van der Waals surface area (Å²) in [4.78, 5) is 18.4. The summed E-state index contributed by atoms with van der Waals surface area (Å²) in [5, 5.41) is 13.0. The molecule has 0 spiro atoms. The first-order valence-corrected chi connectivity index (χ1v) is 10.5. The number of amides is 1. The maximum absolute atomic E-state index is 13.5. The van der Waals surface area contributed by atoms with Gasteiger partial charge in [0.05, 0.1) is 25.4 Å². The number of aromatic amines is 1. The zero-order valence-electron chi connectivity index (χ0n) is 17.1. The fourth-order valence-corrected chi connectivity index (χ4v) is 4.79. The molecule has 2 N–H and O–H groups in total. The van der Waals surface area contributed by atoms with Crippen LogP contribution in [0.3, 0.4) is 0 Å². The van der Waals surface area contributed by atoms with Gasteiger partial charge in [0, 0.05) is 35.2 Å². The number of aromatic nitrogens is 1. The van der Waals surface area contributed by atoms with Crippen LogP contribution in [0.25, 0.3) is 21.7 Å². The molecular formula is C24H21ClN2O4. The van der Waals surface area contributed by atoms with Crippen molar-refractivity contribution in [2.75, 3.05) is 31.5 Å². The average molecular weight is 437 g/mol. The first-order chi connectivity index (χ1) is 15.1. The standard InChI is InChI=1S/C24H21ClN2O4/c1-30-21-8-7-17-16(23(21)31-2)9-18(26-17)24(29)27-12-13(11-25)22-15-6-4-3-5-14(15)20(28)10-19(22)27/h3-10,13,26,28H,11-12H2,1-2H3/t13-/m1/s1. The first-order valence-electron chi connectivity index (χ1n) is 9.93. The number of ether oxygens (including phenoxy) is 2. The van der Waals surface area contributed by atoms with Gasteiger partial charge in [0.15, 0.2) is 11.5 Å². The van der Waals surface area contributed by atoms with Crippen molar-refractivity contribution in [3.8, 4) is 17.2 Å². The van der Waals surface area contributed by atoms with Gasteiger partial charge in [0.25, 0.3) is 5.91 Å². The second kappa shape index (κ2) is 7.39. The summed E-state index contributed by atoms with van der Waals surface area (Å²) < 4.78 is 10.9. The van der Waals surface area contributed by atoms with E-state index in [9.17, 15) is 9.90 Å². The fraction of sp³-hybridized carbons (Fsp3) is 0.208. The Hall–Kier alpha value is -3.38. The van der Waals surface area contributed by atoms with Crippen molar-refractivity contribution >= 4 is 44.9 Å². The number of phenols is 1. The second-order valence-electron chi connectivity index (χ2n) is 7.59. The lowest BCUT2D eigenvalue weighted by Crippen LogP contribution is -2.30. The summed E-state index contributed by atoms with van der Waals surface area (Å²) in [7, 11) is 3.15. The van der Waals surface area contributed by atoms with Gasteiger partial charge in [-0.25, -0.2) is 0 Å². The highest BCUT2D eigenvalue weighted by atomic mass is 35.5. The molecule has 0 saturated heterocycles. The van der Waals surface area contributed by atoms with Crippen molar-refractivity contribution in [2.24, 2.45) is 0 Å². The number of nitrogens with zero attached hydrogens (tertiary/aromatic N) is 1. The summed E-state index contributed by atoms with van der Waals surface area (Å²) in [6, 6.07) is 14.7. The van der Waals surface area contributed by atoms with Gasteiger partial charge in [-0.1, -0.05) is 24.3 Å². The van der Waals surface area contributed by atoms with E-state index in [-0.39, 0.29) is 17.6 Å². The number of fused-ring (bicyclic) bond motifs is 4. The number of benzene rings is 3. The Morgan fingerprint density at radius 3 is 2.61 bits per heavy atom. The molecule has 1 aliphatic heterocycles. The molecule has 158 valence electrons. The van der Waals surface area contributed by atoms with E-state index in [1.54, 1.807) is 37.3 Å². The smallest absolute Gasteiger partial charge is 0.274 e. The molecule has 0 fully saturated rings. The fourth-order valence-electron chi connectivity index (χ4n) is 4.53. The number of hydrogen-bond acceptors (Lipinski definition) is 4. The van der Waals surface area contributed by atoms with Crippen molar-refractivity contribution in [3.63, 3.8) is 0 Å². The largest absolute Gasteiger partial charge is 0.507 e. The number of phenolic OH excluding ortho intramolecular Hbond substituents is 1. The second-order valence-corrected chi connectivity index (χ2v) is 7.89. The van der Waals surface area contributed by atoms with Crippen LogP contribution in [-0.4, -0.2) is 42.6 Å². The highest BCUT2D eigenvalue weighted by Gasteiger charge is 2.35. The quantitative estimate of drug-likeness (QED) is 0.440. The molecule has 2 heterocycles. The lowest BCUT2D eigenvalue weighted by Gasteiger charge is -2.17. The minimum Gasteiger partial charge on any atom is -0.507 e. The molecular weight excluding hydrogens is 416 g/mol. The van der Waals surface area contributed by atoms with Gasteiger partial charge in [-0.3, -0.25) is 4.79 Å². The Bertz CT molecular complexity index is 1330. The number of carbonyl (C=O) groups excluding carboxylic acids is 1.